The molecular formula is C13H17F3N2O. The molecule has 0 spiro atoms. The molecule has 2 rings (SSSR count). The van der Waals surface area contributed by atoms with E-state index in [-0.39, 0.29) is 12.1 Å². The summed E-state index contributed by atoms with van der Waals surface area (Å²) in [7, 11) is 1.66. The van der Waals surface area contributed by atoms with E-state index in [1.54, 1.807) is 7.11 Å². The molecule has 0 saturated heterocycles. The molecule has 106 valence electrons. The Morgan fingerprint density at radius 3 is 2.58 bits per heavy atom. The minimum absolute atomic E-state index is 0.107. The molecule has 1 aromatic heterocycles. The van der Waals surface area contributed by atoms with Crippen molar-refractivity contribution in [3.63, 3.8) is 0 Å². The molecule has 2 unspecified atom stereocenters. The van der Waals surface area contributed by atoms with Crippen LogP contribution in [0, 0.1) is 0 Å². The van der Waals surface area contributed by atoms with Gasteiger partial charge in [-0.15, -0.1) is 0 Å². The highest BCUT2D eigenvalue weighted by Crippen LogP contribution is 2.29. The van der Waals surface area contributed by atoms with Crippen LogP contribution in [0.25, 0.3) is 0 Å². The number of aromatic nitrogens is 1. The Morgan fingerprint density at radius 1 is 1.26 bits per heavy atom. The van der Waals surface area contributed by atoms with Crippen molar-refractivity contribution >= 4 is 5.69 Å². The molecule has 19 heavy (non-hydrogen) atoms. The van der Waals surface area contributed by atoms with E-state index < -0.39 is 11.9 Å². The molecule has 0 radical (unpaired) electrons. The quantitative estimate of drug-likeness (QED) is 0.916. The molecule has 1 aliphatic rings. The van der Waals surface area contributed by atoms with Crippen LogP contribution < -0.4 is 5.32 Å². The molecule has 0 aliphatic heterocycles. The van der Waals surface area contributed by atoms with Gasteiger partial charge in [-0.25, -0.2) is 4.98 Å². The van der Waals surface area contributed by atoms with Crippen molar-refractivity contribution in [3.8, 4) is 0 Å². The maximum Gasteiger partial charge on any atom is 0.433 e. The average Bonchev–Trinajstić information content (AvgIpc) is 2.39. The summed E-state index contributed by atoms with van der Waals surface area (Å²) in [6.07, 6.45) is 1.11. The van der Waals surface area contributed by atoms with Gasteiger partial charge in [-0.05, 0) is 25.0 Å². The molecular weight excluding hydrogens is 257 g/mol. The maximum atomic E-state index is 12.4. The third-order valence-corrected chi connectivity index (χ3v) is 3.41. The zero-order valence-electron chi connectivity index (χ0n) is 10.7. The third kappa shape index (κ3) is 3.59. The number of halogens is 3. The van der Waals surface area contributed by atoms with Gasteiger partial charge in [0.15, 0.2) is 0 Å². The van der Waals surface area contributed by atoms with Crippen molar-refractivity contribution in [2.45, 2.75) is 44.0 Å². The maximum absolute atomic E-state index is 12.4. The van der Waals surface area contributed by atoms with Crippen molar-refractivity contribution in [3.05, 3.63) is 24.0 Å². The summed E-state index contributed by atoms with van der Waals surface area (Å²) >= 11 is 0. The van der Waals surface area contributed by atoms with Crippen LogP contribution in [0.15, 0.2) is 18.3 Å². The number of pyridine rings is 1. The van der Waals surface area contributed by atoms with Crippen LogP contribution in [0.1, 0.15) is 31.4 Å². The lowest BCUT2D eigenvalue weighted by Crippen LogP contribution is -2.37. The highest BCUT2D eigenvalue weighted by Gasteiger charge is 2.32. The van der Waals surface area contributed by atoms with Crippen molar-refractivity contribution in [1.29, 1.82) is 0 Å². The Balaban J connectivity index is 2.02. The Bertz CT molecular complexity index is 405. The molecule has 1 aliphatic carbocycles. The van der Waals surface area contributed by atoms with Gasteiger partial charge in [-0.3, -0.25) is 0 Å². The van der Waals surface area contributed by atoms with Gasteiger partial charge in [-0.1, -0.05) is 12.8 Å². The van der Waals surface area contributed by atoms with Crippen LogP contribution >= 0.6 is 0 Å². The second-order valence-electron chi connectivity index (χ2n) is 4.74. The number of anilines is 1. The van der Waals surface area contributed by atoms with Gasteiger partial charge >= 0.3 is 6.18 Å². The minimum atomic E-state index is -4.39. The summed E-state index contributed by atoms with van der Waals surface area (Å²) in [5.74, 6) is 0. The van der Waals surface area contributed by atoms with Crippen molar-refractivity contribution < 1.29 is 17.9 Å². The number of nitrogens with zero attached hydrogens (tertiary/aromatic N) is 1. The van der Waals surface area contributed by atoms with Gasteiger partial charge in [0.05, 0.1) is 24.0 Å². The number of methoxy groups -OCH3 is 1. The summed E-state index contributed by atoms with van der Waals surface area (Å²) in [5.41, 5.74) is -0.271. The highest BCUT2D eigenvalue weighted by atomic mass is 19.4. The second kappa shape index (κ2) is 5.77. The predicted octanol–water partition coefficient (Wildman–Crippen LogP) is 3.47. The van der Waals surface area contributed by atoms with Gasteiger partial charge in [0.25, 0.3) is 0 Å². The summed E-state index contributed by atoms with van der Waals surface area (Å²) in [5, 5.41) is 3.21. The summed E-state index contributed by atoms with van der Waals surface area (Å²) in [4.78, 5) is 3.44. The number of hydrogen-bond donors (Lipinski definition) is 1. The molecule has 0 aromatic carbocycles. The Hall–Kier alpha value is -1.30. The first-order valence-electron chi connectivity index (χ1n) is 6.33. The topological polar surface area (TPSA) is 34.1 Å². The Labute approximate surface area is 110 Å². The Kier molecular flexibility index (Phi) is 4.29. The van der Waals surface area contributed by atoms with E-state index in [2.05, 4.69) is 10.3 Å². The van der Waals surface area contributed by atoms with Crippen molar-refractivity contribution in [1.82, 2.24) is 4.98 Å². The van der Waals surface area contributed by atoms with Crippen LogP contribution in [-0.4, -0.2) is 24.2 Å². The van der Waals surface area contributed by atoms with E-state index in [0.29, 0.717) is 5.69 Å². The molecule has 1 aromatic rings. The lowest BCUT2D eigenvalue weighted by molar-refractivity contribution is -0.141. The van der Waals surface area contributed by atoms with Crippen molar-refractivity contribution in [2.75, 3.05) is 12.4 Å². The smallest absolute Gasteiger partial charge is 0.379 e. The van der Waals surface area contributed by atoms with Gasteiger partial charge in [0.2, 0.25) is 0 Å². The van der Waals surface area contributed by atoms with Gasteiger partial charge in [0, 0.05) is 7.11 Å². The average molecular weight is 274 g/mol. The SMILES string of the molecule is COC1CCCCC1Nc1ccc(C(F)(F)F)nc1. The lowest BCUT2D eigenvalue weighted by atomic mass is 9.92. The van der Waals surface area contributed by atoms with Crippen LogP contribution in [0.5, 0.6) is 0 Å². The number of hydrogen-bond acceptors (Lipinski definition) is 3. The largest absolute Gasteiger partial charge is 0.433 e. The first-order chi connectivity index (χ1) is 9.00. The zero-order chi connectivity index (χ0) is 13.9. The monoisotopic (exact) mass is 274 g/mol. The number of nitrogens with one attached hydrogen (secondary N) is 1. The van der Waals surface area contributed by atoms with Crippen molar-refractivity contribution in [2.24, 2.45) is 0 Å². The highest BCUT2D eigenvalue weighted by molar-refractivity contribution is 5.42. The second-order valence-corrected chi connectivity index (χ2v) is 4.74. The normalized spacial score (nSPS) is 24.2. The molecule has 0 bridgehead atoms. The number of alkyl halides is 3. The van der Waals surface area contributed by atoms with E-state index >= 15 is 0 Å². The predicted molar refractivity (Wildman–Crippen MR) is 65.9 cm³/mol. The summed E-state index contributed by atoms with van der Waals surface area (Å²) < 4.78 is 42.6. The summed E-state index contributed by atoms with van der Waals surface area (Å²) in [6.45, 7) is 0. The van der Waals surface area contributed by atoms with Gasteiger partial charge in [0.1, 0.15) is 5.69 Å². The van der Waals surface area contributed by atoms with E-state index in [1.807, 2.05) is 0 Å². The molecule has 6 heteroatoms. The van der Waals surface area contributed by atoms with E-state index in [0.717, 1.165) is 31.7 Å². The zero-order valence-corrected chi connectivity index (χ0v) is 10.7. The number of rotatable bonds is 3. The van der Waals surface area contributed by atoms with Gasteiger partial charge in [-0.2, -0.15) is 13.2 Å². The van der Waals surface area contributed by atoms with Crippen LogP contribution in [0.3, 0.4) is 0 Å². The summed E-state index contributed by atoms with van der Waals surface area (Å²) in [6, 6.07) is 2.54. The Morgan fingerprint density at radius 2 is 2.00 bits per heavy atom. The van der Waals surface area contributed by atoms with Crippen LogP contribution in [0.2, 0.25) is 0 Å². The molecule has 2 atom stereocenters. The fourth-order valence-electron chi connectivity index (χ4n) is 2.41. The minimum Gasteiger partial charge on any atom is -0.379 e. The fraction of sp³-hybridized carbons (Fsp3) is 0.615. The molecule has 1 fully saturated rings. The first kappa shape index (κ1) is 14.1. The third-order valence-electron chi connectivity index (χ3n) is 3.41. The molecule has 1 N–H and O–H groups in total. The van der Waals surface area contributed by atoms with Gasteiger partial charge < -0.3 is 10.1 Å². The molecule has 3 nitrogen and oxygen atoms in total. The fourth-order valence-corrected chi connectivity index (χ4v) is 2.41. The van der Waals surface area contributed by atoms with E-state index in [4.69, 9.17) is 4.74 Å². The van der Waals surface area contributed by atoms with Crippen LogP contribution in [0.4, 0.5) is 18.9 Å². The standard InChI is InChI=1S/C13H17F3N2O/c1-19-11-5-3-2-4-10(11)18-9-6-7-12(17-8-9)13(14,15)16/h6-8,10-11,18H,2-5H2,1H3. The molecule has 1 heterocycles. The molecule has 1 saturated carbocycles. The lowest BCUT2D eigenvalue weighted by Gasteiger charge is -2.31. The first-order valence-corrected chi connectivity index (χ1v) is 6.33. The molecule has 0 amide bonds. The van der Waals surface area contributed by atoms with Crippen LogP contribution in [-0.2, 0) is 10.9 Å². The van der Waals surface area contributed by atoms with E-state index in [9.17, 15) is 13.2 Å². The van der Waals surface area contributed by atoms with E-state index in [1.165, 1.54) is 12.3 Å². The number of ether oxygens (including phenoxy) is 1.